The van der Waals surface area contributed by atoms with Crippen LogP contribution in [-0.2, 0) is 15.1 Å². The van der Waals surface area contributed by atoms with Crippen molar-refractivity contribution in [2.45, 2.75) is 81.1 Å². The first kappa shape index (κ1) is 22.3. The fourth-order valence-corrected chi connectivity index (χ4v) is 6.70. The zero-order valence-corrected chi connectivity index (χ0v) is 19.0. The zero-order chi connectivity index (χ0) is 23.2. The van der Waals surface area contributed by atoms with E-state index in [0.717, 1.165) is 50.5 Å². The number of hydrogen-bond donors (Lipinski definition) is 1. The minimum Gasteiger partial charge on any atom is -0.327 e. The van der Waals surface area contributed by atoms with Gasteiger partial charge in [-0.2, -0.15) is 5.26 Å². The molecule has 2 bridgehead atoms. The van der Waals surface area contributed by atoms with E-state index < -0.39 is 12.1 Å². The van der Waals surface area contributed by atoms with E-state index in [1.165, 1.54) is 12.1 Å². The number of likely N-dealkylation sites (tertiary alicyclic amines) is 3. The summed E-state index contributed by atoms with van der Waals surface area (Å²) in [6.07, 6.45) is 7.32. The molecule has 4 fully saturated rings. The summed E-state index contributed by atoms with van der Waals surface area (Å²) < 4.78 is 13.6. The van der Waals surface area contributed by atoms with Crippen LogP contribution in [0.1, 0.15) is 56.9 Å². The second-order valence-electron chi connectivity index (χ2n) is 10.1. The highest BCUT2D eigenvalue weighted by atomic mass is 19.1. The Morgan fingerprint density at radius 2 is 1.94 bits per heavy atom. The second-order valence-corrected chi connectivity index (χ2v) is 10.1. The summed E-state index contributed by atoms with van der Waals surface area (Å²) in [5.74, 6) is -0.352. The number of benzene rings is 1. The predicted molar refractivity (Wildman–Crippen MR) is 120 cm³/mol. The molecule has 0 spiro atoms. The average molecular weight is 454 g/mol. The summed E-state index contributed by atoms with van der Waals surface area (Å²) in [6.45, 7) is 1.60. The number of hydrogen-bond acceptors (Lipinski definition) is 5. The van der Waals surface area contributed by atoms with E-state index in [1.54, 1.807) is 4.90 Å². The van der Waals surface area contributed by atoms with E-state index in [0.29, 0.717) is 26.1 Å². The number of fused-ring (bicyclic) bond motifs is 2. The van der Waals surface area contributed by atoms with Gasteiger partial charge in [-0.15, -0.1) is 0 Å². The van der Waals surface area contributed by atoms with Gasteiger partial charge in [0.25, 0.3) is 0 Å². The highest BCUT2D eigenvalue weighted by Crippen LogP contribution is 2.48. The molecular weight excluding hydrogens is 421 g/mol. The highest BCUT2D eigenvalue weighted by Gasteiger charge is 2.57. The van der Waals surface area contributed by atoms with Gasteiger partial charge in [-0.05, 0) is 49.8 Å². The molecule has 2 N–H and O–H groups in total. The Labute approximate surface area is 194 Å². The Balaban J connectivity index is 1.32. The van der Waals surface area contributed by atoms with Crippen molar-refractivity contribution in [1.82, 2.24) is 14.7 Å². The molecule has 8 heteroatoms. The van der Waals surface area contributed by atoms with Crippen LogP contribution in [-0.4, -0.2) is 70.3 Å². The van der Waals surface area contributed by atoms with Gasteiger partial charge in [0.1, 0.15) is 11.9 Å². The average Bonchev–Trinajstić information content (AvgIpc) is 3.54. The fraction of sp³-hybridized carbons (Fsp3) is 0.640. The largest absolute Gasteiger partial charge is 0.327 e. The Kier molecular flexibility index (Phi) is 5.87. The fourth-order valence-electron chi connectivity index (χ4n) is 6.70. The molecule has 5 rings (SSSR count). The van der Waals surface area contributed by atoms with Crippen molar-refractivity contribution in [1.29, 1.82) is 5.26 Å². The van der Waals surface area contributed by atoms with Crippen molar-refractivity contribution < 1.29 is 14.0 Å². The molecule has 4 atom stereocenters. The van der Waals surface area contributed by atoms with Gasteiger partial charge in [0.2, 0.25) is 11.8 Å². The first-order chi connectivity index (χ1) is 15.9. The van der Waals surface area contributed by atoms with Gasteiger partial charge in [0.05, 0.1) is 23.7 Å². The van der Waals surface area contributed by atoms with Crippen LogP contribution < -0.4 is 5.73 Å². The number of nitriles is 1. The van der Waals surface area contributed by atoms with Gasteiger partial charge in [-0.1, -0.05) is 31.4 Å². The lowest BCUT2D eigenvalue weighted by molar-refractivity contribution is -0.147. The van der Waals surface area contributed by atoms with Crippen molar-refractivity contribution in [3.05, 3.63) is 35.6 Å². The number of carbonyl (C=O) groups excluding carboxylic acids is 2. The Bertz CT molecular complexity index is 955. The molecule has 1 saturated carbocycles. The minimum absolute atomic E-state index is 0.0756. The number of nitrogens with zero attached hydrogens (tertiary/aromatic N) is 4. The Hall–Kier alpha value is -2.50. The molecule has 1 unspecified atom stereocenters. The Morgan fingerprint density at radius 1 is 1.21 bits per heavy atom. The van der Waals surface area contributed by atoms with E-state index in [2.05, 4.69) is 15.9 Å². The highest BCUT2D eigenvalue weighted by molar-refractivity contribution is 5.87. The van der Waals surface area contributed by atoms with Gasteiger partial charge in [0.15, 0.2) is 0 Å². The number of piperazine rings is 1. The molecule has 176 valence electrons. The van der Waals surface area contributed by atoms with Crippen LogP contribution in [0.15, 0.2) is 24.3 Å². The van der Waals surface area contributed by atoms with E-state index in [4.69, 9.17) is 5.73 Å². The summed E-state index contributed by atoms with van der Waals surface area (Å²) in [5.41, 5.74) is 6.93. The van der Waals surface area contributed by atoms with Gasteiger partial charge in [-0.3, -0.25) is 14.5 Å². The molecule has 0 aromatic heterocycles. The maximum absolute atomic E-state index is 13.7. The second kappa shape index (κ2) is 8.69. The summed E-state index contributed by atoms with van der Waals surface area (Å²) in [6, 6.07) is 7.55. The molecule has 1 aliphatic carbocycles. The monoisotopic (exact) mass is 453 g/mol. The lowest BCUT2D eigenvalue weighted by Gasteiger charge is -2.50. The zero-order valence-electron chi connectivity index (χ0n) is 19.0. The van der Waals surface area contributed by atoms with E-state index in [9.17, 15) is 19.2 Å². The van der Waals surface area contributed by atoms with Crippen molar-refractivity contribution >= 4 is 11.8 Å². The van der Waals surface area contributed by atoms with Gasteiger partial charge in [-0.25, -0.2) is 4.39 Å². The van der Waals surface area contributed by atoms with Crippen LogP contribution in [0.3, 0.4) is 0 Å². The van der Waals surface area contributed by atoms with E-state index in [-0.39, 0.29) is 35.3 Å². The third kappa shape index (κ3) is 3.71. The third-order valence-corrected chi connectivity index (χ3v) is 8.23. The maximum Gasteiger partial charge on any atom is 0.241 e. The van der Waals surface area contributed by atoms with E-state index in [1.807, 2.05) is 12.1 Å². The molecular formula is C25H32FN5O2. The molecule has 3 heterocycles. The van der Waals surface area contributed by atoms with Crippen molar-refractivity contribution in [2.75, 3.05) is 19.6 Å². The first-order valence-electron chi connectivity index (χ1n) is 12.2. The van der Waals surface area contributed by atoms with E-state index >= 15 is 0 Å². The summed E-state index contributed by atoms with van der Waals surface area (Å²) in [7, 11) is 0. The van der Waals surface area contributed by atoms with Crippen molar-refractivity contribution in [3.8, 4) is 6.07 Å². The van der Waals surface area contributed by atoms with Crippen LogP contribution in [0.4, 0.5) is 4.39 Å². The normalized spacial score (nSPS) is 30.0. The quantitative estimate of drug-likeness (QED) is 0.737. The molecule has 3 saturated heterocycles. The molecule has 4 aliphatic rings. The maximum atomic E-state index is 13.7. The number of amides is 2. The first-order valence-corrected chi connectivity index (χ1v) is 12.2. The minimum atomic E-state index is -0.736. The van der Waals surface area contributed by atoms with Crippen LogP contribution in [0.25, 0.3) is 0 Å². The molecule has 1 aromatic rings. The lowest BCUT2D eigenvalue weighted by atomic mass is 9.74. The molecule has 3 aliphatic heterocycles. The molecule has 33 heavy (non-hydrogen) atoms. The standard InChI is InChI=1S/C25H32FN5O2/c26-18-8-6-17(7-9-18)25(10-2-1-3-11-25)31-20-13-22(24(31)33)29(15-20)16-21(28)23(32)30-12-4-5-19(30)14-27/h6-9,19-22H,1-5,10-13,15-16,28H2/t19-,20?,21-,22+/m0/s1. The summed E-state index contributed by atoms with van der Waals surface area (Å²) in [5, 5.41) is 9.29. The SMILES string of the molecule is N#C[C@@H]1CCCN1C(=O)[C@@H](N)CN1CC2C[C@@H]1C(=O)N2C1(c2ccc(F)cc2)CCCCC1. The van der Waals surface area contributed by atoms with Crippen LogP contribution in [0.2, 0.25) is 0 Å². The van der Waals surface area contributed by atoms with Crippen LogP contribution in [0.5, 0.6) is 0 Å². The third-order valence-electron chi connectivity index (χ3n) is 8.23. The number of rotatable bonds is 5. The molecule has 0 radical (unpaired) electrons. The van der Waals surface area contributed by atoms with Gasteiger partial charge in [0, 0.05) is 25.7 Å². The molecule has 2 amide bonds. The number of halogens is 1. The summed E-state index contributed by atoms with van der Waals surface area (Å²) in [4.78, 5) is 32.3. The van der Waals surface area contributed by atoms with Crippen molar-refractivity contribution in [3.63, 3.8) is 0 Å². The smallest absolute Gasteiger partial charge is 0.241 e. The predicted octanol–water partition coefficient (Wildman–Crippen LogP) is 2.11. The Morgan fingerprint density at radius 3 is 2.61 bits per heavy atom. The van der Waals surface area contributed by atoms with Gasteiger partial charge >= 0.3 is 0 Å². The number of nitrogens with two attached hydrogens (primary N) is 1. The van der Waals surface area contributed by atoms with Crippen LogP contribution >= 0.6 is 0 Å². The topological polar surface area (TPSA) is 93.7 Å². The number of carbonyl (C=O) groups is 2. The summed E-state index contributed by atoms with van der Waals surface area (Å²) >= 11 is 0. The van der Waals surface area contributed by atoms with Crippen molar-refractivity contribution in [2.24, 2.45) is 5.73 Å². The molecule has 1 aromatic carbocycles. The van der Waals surface area contributed by atoms with Gasteiger partial charge < -0.3 is 15.5 Å². The lowest BCUT2D eigenvalue weighted by Crippen LogP contribution is -2.61. The molecule has 7 nitrogen and oxygen atoms in total. The van der Waals surface area contributed by atoms with Crippen LogP contribution in [0, 0.1) is 17.1 Å².